The molecule has 0 radical (unpaired) electrons. The quantitative estimate of drug-likeness (QED) is 0.839. The molecule has 0 unspecified atom stereocenters. The molecular weight excluding hydrogens is 266 g/mol. The summed E-state index contributed by atoms with van der Waals surface area (Å²) < 4.78 is 0. The first-order valence-corrected chi connectivity index (χ1v) is 7.86. The third-order valence-corrected chi connectivity index (χ3v) is 4.18. The lowest BCUT2D eigenvalue weighted by Crippen LogP contribution is -2.07. The van der Waals surface area contributed by atoms with E-state index < -0.39 is 0 Å². The van der Waals surface area contributed by atoms with E-state index in [2.05, 4.69) is 60.3 Å². The van der Waals surface area contributed by atoms with Gasteiger partial charge in [0.05, 0.1) is 5.75 Å². The van der Waals surface area contributed by atoms with Crippen LogP contribution in [0.25, 0.3) is 0 Å². The Bertz CT molecular complexity index is 579. The van der Waals surface area contributed by atoms with Gasteiger partial charge >= 0.3 is 0 Å². The highest BCUT2D eigenvalue weighted by atomic mass is 32.2. The standard InChI is InChI=1S/C16H21N3S/c1-5-17-16-12(3)13(4)18-15(19-16)10-20-14-8-6-11(2)7-9-14/h6-9H,5,10H2,1-4H3,(H,17,18,19). The third-order valence-electron chi connectivity index (χ3n) is 3.17. The van der Waals surface area contributed by atoms with Crippen molar-refractivity contribution in [3.05, 3.63) is 46.9 Å². The first-order valence-electron chi connectivity index (χ1n) is 6.87. The summed E-state index contributed by atoms with van der Waals surface area (Å²) >= 11 is 1.77. The van der Waals surface area contributed by atoms with Gasteiger partial charge in [-0.1, -0.05) is 17.7 Å². The number of aryl methyl sites for hydroxylation is 2. The van der Waals surface area contributed by atoms with Crippen LogP contribution in [0, 0.1) is 20.8 Å². The van der Waals surface area contributed by atoms with Crippen LogP contribution in [0.15, 0.2) is 29.2 Å². The predicted octanol–water partition coefficient (Wildman–Crippen LogP) is 4.13. The van der Waals surface area contributed by atoms with Crippen molar-refractivity contribution in [2.45, 2.75) is 38.3 Å². The minimum absolute atomic E-state index is 0.794. The number of rotatable bonds is 5. The lowest BCUT2D eigenvalue weighted by atomic mass is 10.2. The van der Waals surface area contributed by atoms with Crippen molar-refractivity contribution in [1.29, 1.82) is 0 Å². The second kappa shape index (κ2) is 6.75. The molecule has 1 heterocycles. The van der Waals surface area contributed by atoms with Crippen molar-refractivity contribution < 1.29 is 0 Å². The van der Waals surface area contributed by atoms with Crippen LogP contribution < -0.4 is 5.32 Å². The lowest BCUT2D eigenvalue weighted by Gasteiger charge is -2.11. The van der Waals surface area contributed by atoms with Crippen LogP contribution >= 0.6 is 11.8 Å². The lowest BCUT2D eigenvalue weighted by molar-refractivity contribution is 0.964. The number of nitrogens with zero attached hydrogens (tertiary/aromatic N) is 2. The molecule has 3 nitrogen and oxygen atoms in total. The average Bonchev–Trinajstić information content (AvgIpc) is 2.44. The zero-order valence-electron chi connectivity index (χ0n) is 12.5. The molecule has 2 aromatic rings. The molecule has 0 aliphatic heterocycles. The molecule has 0 fully saturated rings. The Morgan fingerprint density at radius 3 is 2.40 bits per heavy atom. The Morgan fingerprint density at radius 1 is 1.05 bits per heavy atom. The van der Waals surface area contributed by atoms with Gasteiger partial charge in [0, 0.05) is 22.7 Å². The fraction of sp³-hybridized carbons (Fsp3) is 0.375. The molecule has 0 amide bonds. The maximum absolute atomic E-state index is 4.61. The van der Waals surface area contributed by atoms with E-state index in [0.29, 0.717) is 0 Å². The van der Waals surface area contributed by atoms with Gasteiger partial charge in [0.2, 0.25) is 0 Å². The highest BCUT2D eigenvalue weighted by Crippen LogP contribution is 2.23. The van der Waals surface area contributed by atoms with Gasteiger partial charge < -0.3 is 5.32 Å². The van der Waals surface area contributed by atoms with E-state index in [0.717, 1.165) is 35.2 Å². The molecular formula is C16H21N3S. The van der Waals surface area contributed by atoms with Crippen molar-refractivity contribution in [2.75, 3.05) is 11.9 Å². The van der Waals surface area contributed by atoms with Crippen molar-refractivity contribution >= 4 is 17.6 Å². The van der Waals surface area contributed by atoms with E-state index in [4.69, 9.17) is 0 Å². The minimum Gasteiger partial charge on any atom is -0.370 e. The van der Waals surface area contributed by atoms with Crippen LogP contribution in [0.5, 0.6) is 0 Å². The summed E-state index contributed by atoms with van der Waals surface area (Å²) in [5.41, 5.74) is 3.47. The minimum atomic E-state index is 0.794. The molecule has 2 rings (SSSR count). The molecule has 0 saturated carbocycles. The predicted molar refractivity (Wildman–Crippen MR) is 86.4 cm³/mol. The van der Waals surface area contributed by atoms with Crippen molar-refractivity contribution in [3.8, 4) is 0 Å². The average molecular weight is 287 g/mol. The molecule has 0 bridgehead atoms. The van der Waals surface area contributed by atoms with E-state index >= 15 is 0 Å². The number of anilines is 1. The van der Waals surface area contributed by atoms with Crippen LogP contribution in [0.4, 0.5) is 5.82 Å². The van der Waals surface area contributed by atoms with E-state index in [1.54, 1.807) is 11.8 Å². The Labute approximate surface area is 125 Å². The normalized spacial score (nSPS) is 10.6. The molecule has 1 aromatic carbocycles. The topological polar surface area (TPSA) is 37.8 Å². The highest BCUT2D eigenvalue weighted by Gasteiger charge is 2.07. The Hall–Kier alpha value is -1.55. The summed E-state index contributed by atoms with van der Waals surface area (Å²) in [5, 5.41) is 3.30. The molecule has 1 N–H and O–H groups in total. The number of hydrogen-bond donors (Lipinski definition) is 1. The Kier molecular flexibility index (Phi) is 5.01. The SMILES string of the molecule is CCNc1nc(CSc2ccc(C)cc2)nc(C)c1C. The molecule has 0 saturated heterocycles. The van der Waals surface area contributed by atoms with E-state index in [9.17, 15) is 0 Å². The summed E-state index contributed by atoms with van der Waals surface area (Å²) in [6.07, 6.45) is 0. The largest absolute Gasteiger partial charge is 0.370 e. The van der Waals surface area contributed by atoms with Gasteiger partial charge in [-0.25, -0.2) is 9.97 Å². The second-order valence-corrected chi connectivity index (χ2v) is 5.88. The molecule has 0 atom stereocenters. The van der Waals surface area contributed by atoms with E-state index in [1.165, 1.54) is 10.5 Å². The second-order valence-electron chi connectivity index (χ2n) is 4.83. The Morgan fingerprint density at radius 2 is 1.75 bits per heavy atom. The van der Waals surface area contributed by atoms with Gasteiger partial charge in [-0.05, 0) is 39.8 Å². The zero-order chi connectivity index (χ0) is 14.5. The van der Waals surface area contributed by atoms with Gasteiger partial charge in [-0.3, -0.25) is 0 Å². The monoisotopic (exact) mass is 287 g/mol. The van der Waals surface area contributed by atoms with Gasteiger partial charge in [-0.2, -0.15) is 0 Å². The molecule has 106 valence electrons. The first kappa shape index (κ1) is 14.9. The van der Waals surface area contributed by atoms with Crippen LogP contribution in [-0.4, -0.2) is 16.5 Å². The fourth-order valence-corrected chi connectivity index (χ4v) is 2.63. The van der Waals surface area contributed by atoms with Gasteiger partial charge in [-0.15, -0.1) is 11.8 Å². The van der Waals surface area contributed by atoms with Crippen LogP contribution in [-0.2, 0) is 5.75 Å². The molecule has 1 aromatic heterocycles. The van der Waals surface area contributed by atoms with Crippen LogP contribution in [0.2, 0.25) is 0 Å². The summed E-state index contributed by atoms with van der Waals surface area (Å²) in [6, 6.07) is 8.56. The summed E-state index contributed by atoms with van der Waals surface area (Å²) in [4.78, 5) is 10.4. The van der Waals surface area contributed by atoms with Crippen molar-refractivity contribution in [1.82, 2.24) is 9.97 Å². The highest BCUT2D eigenvalue weighted by molar-refractivity contribution is 7.98. The zero-order valence-corrected chi connectivity index (χ0v) is 13.3. The smallest absolute Gasteiger partial charge is 0.141 e. The van der Waals surface area contributed by atoms with Gasteiger partial charge in [0.15, 0.2) is 0 Å². The molecule has 0 spiro atoms. The molecule has 4 heteroatoms. The molecule has 0 aliphatic rings. The van der Waals surface area contributed by atoms with E-state index in [-0.39, 0.29) is 0 Å². The molecule has 20 heavy (non-hydrogen) atoms. The van der Waals surface area contributed by atoms with Crippen LogP contribution in [0.3, 0.4) is 0 Å². The number of aromatic nitrogens is 2. The summed E-state index contributed by atoms with van der Waals surface area (Å²) in [5.74, 6) is 2.64. The number of thioether (sulfide) groups is 1. The summed E-state index contributed by atoms with van der Waals surface area (Å²) in [7, 11) is 0. The number of hydrogen-bond acceptors (Lipinski definition) is 4. The maximum atomic E-state index is 4.61. The van der Waals surface area contributed by atoms with Crippen LogP contribution in [0.1, 0.15) is 29.6 Å². The fourth-order valence-electron chi connectivity index (χ4n) is 1.87. The number of benzene rings is 1. The van der Waals surface area contributed by atoms with Gasteiger partial charge in [0.1, 0.15) is 11.6 Å². The Balaban J connectivity index is 2.11. The summed E-state index contributed by atoms with van der Waals surface area (Å²) in [6.45, 7) is 9.16. The molecule has 0 aliphatic carbocycles. The van der Waals surface area contributed by atoms with Gasteiger partial charge in [0.25, 0.3) is 0 Å². The third kappa shape index (κ3) is 3.73. The number of nitrogens with one attached hydrogen (secondary N) is 1. The van der Waals surface area contributed by atoms with E-state index in [1.807, 2.05) is 6.92 Å². The maximum Gasteiger partial charge on any atom is 0.141 e. The first-order chi connectivity index (χ1) is 9.60. The van der Waals surface area contributed by atoms with Crippen molar-refractivity contribution in [3.63, 3.8) is 0 Å². The van der Waals surface area contributed by atoms with Crippen molar-refractivity contribution in [2.24, 2.45) is 0 Å².